The van der Waals surface area contributed by atoms with E-state index >= 15 is 0 Å². The summed E-state index contributed by atoms with van der Waals surface area (Å²) in [5.74, 6) is -2.16. The number of anilines is 2. The van der Waals surface area contributed by atoms with Gasteiger partial charge >= 0.3 is 6.03 Å². The number of halogens is 3. The van der Waals surface area contributed by atoms with Crippen LogP contribution >= 0.6 is 11.6 Å². The van der Waals surface area contributed by atoms with Crippen LogP contribution in [0.15, 0.2) is 36.5 Å². The van der Waals surface area contributed by atoms with Gasteiger partial charge in [-0.1, -0.05) is 17.7 Å². The molecule has 1 aromatic heterocycles. The number of aromatic nitrogens is 1. The Morgan fingerprint density at radius 2 is 2.00 bits per heavy atom. The first-order valence-electron chi connectivity index (χ1n) is 5.20. The molecule has 7 heteroatoms. The van der Waals surface area contributed by atoms with Crippen molar-refractivity contribution in [3.63, 3.8) is 0 Å². The lowest BCUT2D eigenvalue weighted by Crippen LogP contribution is -2.20. The van der Waals surface area contributed by atoms with Crippen LogP contribution in [0, 0.1) is 11.6 Å². The molecule has 4 nitrogen and oxygen atoms in total. The minimum atomic E-state index is -1.12. The van der Waals surface area contributed by atoms with E-state index in [1.54, 1.807) is 0 Å². The van der Waals surface area contributed by atoms with Crippen molar-refractivity contribution in [1.29, 1.82) is 0 Å². The Kier molecular flexibility index (Phi) is 3.91. The van der Waals surface area contributed by atoms with Crippen LogP contribution in [0.1, 0.15) is 0 Å². The molecule has 0 unspecified atom stereocenters. The van der Waals surface area contributed by atoms with E-state index in [2.05, 4.69) is 15.6 Å². The van der Waals surface area contributed by atoms with Gasteiger partial charge in [-0.05, 0) is 24.3 Å². The molecule has 0 aliphatic heterocycles. The first-order valence-corrected chi connectivity index (χ1v) is 5.57. The third-order valence-corrected chi connectivity index (χ3v) is 2.39. The Labute approximate surface area is 112 Å². The number of hydrogen-bond donors (Lipinski definition) is 2. The average molecular weight is 284 g/mol. The summed E-state index contributed by atoms with van der Waals surface area (Å²) in [6.45, 7) is 0. The van der Waals surface area contributed by atoms with E-state index in [9.17, 15) is 13.6 Å². The van der Waals surface area contributed by atoms with E-state index in [4.69, 9.17) is 11.6 Å². The van der Waals surface area contributed by atoms with Crippen LogP contribution < -0.4 is 10.6 Å². The number of nitrogens with one attached hydrogen (secondary N) is 2. The van der Waals surface area contributed by atoms with E-state index in [1.165, 1.54) is 30.5 Å². The molecule has 98 valence electrons. The average Bonchev–Trinajstić information content (AvgIpc) is 2.35. The molecule has 0 fully saturated rings. The molecule has 0 radical (unpaired) electrons. The summed E-state index contributed by atoms with van der Waals surface area (Å²) >= 11 is 5.64. The molecule has 19 heavy (non-hydrogen) atoms. The van der Waals surface area contributed by atoms with Crippen LogP contribution in [0.2, 0.25) is 5.15 Å². The molecule has 2 N–H and O–H groups in total. The lowest BCUT2D eigenvalue weighted by molar-refractivity contribution is 0.262. The van der Waals surface area contributed by atoms with E-state index < -0.39 is 17.7 Å². The Balaban J connectivity index is 2.08. The highest BCUT2D eigenvalue weighted by molar-refractivity contribution is 6.29. The molecule has 1 aromatic carbocycles. The summed E-state index contributed by atoms with van der Waals surface area (Å²) in [7, 11) is 0. The fourth-order valence-corrected chi connectivity index (χ4v) is 1.54. The monoisotopic (exact) mass is 283 g/mol. The van der Waals surface area contributed by atoms with Gasteiger partial charge in [0.1, 0.15) is 5.15 Å². The summed E-state index contributed by atoms with van der Waals surface area (Å²) in [6.07, 6.45) is 1.40. The van der Waals surface area contributed by atoms with Gasteiger partial charge < -0.3 is 10.6 Å². The fourth-order valence-electron chi connectivity index (χ4n) is 1.37. The summed E-state index contributed by atoms with van der Waals surface area (Å²) < 4.78 is 26.3. The molecule has 2 rings (SSSR count). The van der Waals surface area contributed by atoms with Crippen LogP contribution in [0.3, 0.4) is 0 Å². The van der Waals surface area contributed by atoms with Gasteiger partial charge in [0.05, 0.1) is 5.69 Å². The van der Waals surface area contributed by atoms with E-state index in [-0.39, 0.29) is 10.8 Å². The van der Waals surface area contributed by atoms with Crippen LogP contribution in [-0.4, -0.2) is 11.0 Å². The minimum absolute atomic E-state index is 0.203. The number of rotatable bonds is 2. The second-order valence-corrected chi connectivity index (χ2v) is 3.93. The van der Waals surface area contributed by atoms with Crippen molar-refractivity contribution >= 4 is 29.0 Å². The van der Waals surface area contributed by atoms with Crippen molar-refractivity contribution in [1.82, 2.24) is 4.98 Å². The smallest absolute Gasteiger partial charge is 0.308 e. The lowest BCUT2D eigenvalue weighted by atomic mass is 10.3. The number of benzene rings is 1. The Bertz CT molecular complexity index is 622. The maximum absolute atomic E-state index is 13.3. The normalized spacial score (nSPS) is 10.1. The molecule has 0 atom stereocenters. The van der Waals surface area contributed by atoms with Crippen molar-refractivity contribution in [2.75, 3.05) is 10.6 Å². The Morgan fingerprint density at radius 3 is 2.74 bits per heavy atom. The highest BCUT2D eigenvalue weighted by atomic mass is 35.5. The fraction of sp³-hybridized carbons (Fsp3) is 0. The SMILES string of the molecule is O=C(Nc1ccnc(Cl)c1)Nc1cccc(F)c1F. The van der Waals surface area contributed by atoms with Crippen LogP contribution in [0.5, 0.6) is 0 Å². The number of carbonyl (C=O) groups is 1. The maximum atomic E-state index is 13.3. The van der Waals surface area contributed by atoms with Crippen LogP contribution in [0.25, 0.3) is 0 Å². The van der Waals surface area contributed by atoms with Gasteiger partial charge in [-0.25, -0.2) is 18.6 Å². The molecule has 2 amide bonds. The molecule has 0 aliphatic rings. The van der Waals surface area contributed by atoms with Gasteiger partial charge in [-0.3, -0.25) is 0 Å². The summed E-state index contributed by atoms with van der Waals surface area (Å²) in [6, 6.07) is 5.71. The standard InChI is InChI=1S/C12H8ClF2N3O/c13-10-6-7(4-5-16-10)17-12(19)18-9-3-1-2-8(14)11(9)15/h1-6H,(H2,16,17,18,19). The van der Waals surface area contributed by atoms with E-state index in [1.807, 2.05) is 0 Å². The second kappa shape index (κ2) is 5.62. The minimum Gasteiger partial charge on any atom is -0.308 e. The van der Waals surface area contributed by atoms with E-state index in [0.29, 0.717) is 5.69 Å². The van der Waals surface area contributed by atoms with Gasteiger partial charge in [-0.15, -0.1) is 0 Å². The zero-order chi connectivity index (χ0) is 13.8. The number of amides is 2. The van der Waals surface area contributed by atoms with Gasteiger partial charge in [0.2, 0.25) is 0 Å². The molecule has 2 aromatic rings. The highest BCUT2D eigenvalue weighted by Gasteiger charge is 2.10. The molecule has 0 spiro atoms. The Hall–Kier alpha value is -2.21. The number of carbonyl (C=O) groups excluding carboxylic acids is 1. The van der Waals surface area contributed by atoms with Crippen LogP contribution in [-0.2, 0) is 0 Å². The van der Waals surface area contributed by atoms with Gasteiger partial charge in [0.25, 0.3) is 0 Å². The molecular weight excluding hydrogens is 276 g/mol. The van der Waals surface area contributed by atoms with Crippen LogP contribution in [0.4, 0.5) is 25.0 Å². The summed E-state index contributed by atoms with van der Waals surface area (Å²) in [4.78, 5) is 15.3. The van der Waals surface area contributed by atoms with Crippen molar-refractivity contribution in [3.05, 3.63) is 53.3 Å². The van der Waals surface area contributed by atoms with Crippen molar-refractivity contribution in [3.8, 4) is 0 Å². The zero-order valence-corrected chi connectivity index (χ0v) is 10.2. The number of nitrogens with zero attached hydrogens (tertiary/aromatic N) is 1. The molecule has 0 saturated carbocycles. The third-order valence-electron chi connectivity index (χ3n) is 2.18. The van der Waals surface area contributed by atoms with E-state index in [0.717, 1.165) is 6.07 Å². The van der Waals surface area contributed by atoms with Gasteiger partial charge in [-0.2, -0.15) is 0 Å². The summed E-state index contributed by atoms with van der Waals surface area (Å²) in [5.41, 5.74) is 0.131. The first-order chi connectivity index (χ1) is 9.06. The van der Waals surface area contributed by atoms with Gasteiger partial charge in [0, 0.05) is 11.9 Å². The van der Waals surface area contributed by atoms with Crippen molar-refractivity contribution in [2.24, 2.45) is 0 Å². The predicted octanol–water partition coefficient (Wildman–Crippen LogP) is 3.66. The first kappa shape index (κ1) is 13.2. The maximum Gasteiger partial charge on any atom is 0.323 e. The van der Waals surface area contributed by atoms with Gasteiger partial charge in [0.15, 0.2) is 11.6 Å². The van der Waals surface area contributed by atoms with Crippen molar-refractivity contribution < 1.29 is 13.6 Å². The largest absolute Gasteiger partial charge is 0.323 e. The van der Waals surface area contributed by atoms with Crippen molar-refractivity contribution in [2.45, 2.75) is 0 Å². The lowest BCUT2D eigenvalue weighted by Gasteiger charge is -2.08. The number of pyridine rings is 1. The molecular formula is C12H8ClF2N3O. The second-order valence-electron chi connectivity index (χ2n) is 3.55. The quantitative estimate of drug-likeness (QED) is 0.827. The topological polar surface area (TPSA) is 54.0 Å². The number of urea groups is 1. The molecule has 0 aliphatic carbocycles. The Morgan fingerprint density at radius 1 is 1.21 bits per heavy atom. The third kappa shape index (κ3) is 3.38. The molecule has 1 heterocycles. The zero-order valence-electron chi connectivity index (χ0n) is 9.45. The molecule has 0 saturated heterocycles. The summed E-state index contributed by atoms with van der Waals surface area (Å²) in [5, 5.41) is 4.81. The predicted molar refractivity (Wildman–Crippen MR) is 68.2 cm³/mol. The molecule has 0 bridgehead atoms. The number of hydrogen-bond acceptors (Lipinski definition) is 2. The highest BCUT2D eigenvalue weighted by Crippen LogP contribution is 2.17.